The smallest absolute Gasteiger partial charge is 0.303 e. The average Bonchev–Trinajstić information content (AvgIpc) is 2.43. The number of hydrogen-bond acceptors (Lipinski definition) is 2. The number of carboxylic acids is 1. The molecule has 1 aliphatic carbocycles. The lowest BCUT2D eigenvalue weighted by Gasteiger charge is -2.42. The topological polar surface area (TPSA) is 54.4 Å². The summed E-state index contributed by atoms with van der Waals surface area (Å²) >= 11 is 0. The highest BCUT2D eigenvalue weighted by atomic mass is 16.4. The van der Waals surface area contributed by atoms with E-state index in [1.54, 1.807) is 0 Å². The van der Waals surface area contributed by atoms with Gasteiger partial charge in [0.2, 0.25) is 0 Å². The van der Waals surface area contributed by atoms with Crippen LogP contribution < -0.4 is 0 Å². The highest BCUT2D eigenvalue weighted by molar-refractivity contribution is 5.96. The Morgan fingerprint density at radius 1 is 1.14 bits per heavy atom. The van der Waals surface area contributed by atoms with Gasteiger partial charge in [0.15, 0.2) is 5.78 Å². The van der Waals surface area contributed by atoms with Crippen molar-refractivity contribution in [2.75, 3.05) is 0 Å². The Morgan fingerprint density at radius 3 is 2.38 bits per heavy atom. The third kappa shape index (κ3) is 3.93. The molecule has 1 aromatic carbocycles. The molecule has 2 rings (SSSR count). The molecule has 0 heterocycles. The number of rotatable bonds is 5. The molecule has 1 aliphatic rings. The fourth-order valence-corrected chi connectivity index (χ4v) is 3.58. The summed E-state index contributed by atoms with van der Waals surface area (Å²) < 4.78 is 0. The highest BCUT2D eigenvalue weighted by Crippen LogP contribution is 2.47. The zero-order valence-corrected chi connectivity index (χ0v) is 12.8. The lowest BCUT2D eigenvalue weighted by Crippen LogP contribution is -2.35. The SMILES string of the molecule is CC1CCC(CC(=O)O)(CC(=O)c2ccccc2)CC1C. The number of aliphatic carboxylic acids is 1. The summed E-state index contributed by atoms with van der Waals surface area (Å²) in [4.78, 5) is 23.8. The largest absolute Gasteiger partial charge is 0.481 e. The molecule has 1 fully saturated rings. The predicted molar refractivity (Wildman–Crippen MR) is 82.3 cm³/mol. The molecule has 3 nitrogen and oxygen atoms in total. The van der Waals surface area contributed by atoms with Gasteiger partial charge in [0, 0.05) is 12.0 Å². The zero-order chi connectivity index (χ0) is 15.5. The molecule has 1 aromatic rings. The van der Waals surface area contributed by atoms with E-state index < -0.39 is 5.97 Å². The van der Waals surface area contributed by atoms with Gasteiger partial charge in [0.1, 0.15) is 0 Å². The number of hydrogen-bond donors (Lipinski definition) is 1. The summed E-state index contributed by atoms with van der Waals surface area (Å²) in [6, 6.07) is 9.21. The van der Waals surface area contributed by atoms with Crippen LogP contribution in [-0.4, -0.2) is 16.9 Å². The van der Waals surface area contributed by atoms with E-state index in [4.69, 9.17) is 0 Å². The third-order valence-corrected chi connectivity index (χ3v) is 5.01. The number of ketones is 1. The summed E-state index contributed by atoms with van der Waals surface area (Å²) in [5.74, 6) is 0.358. The molecule has 1 N–H and O–H groups in total. The van der Waals surface area contributed by atoms with Crippen LogP contribution in [0.3, 0.4) is 0 Å². The maximum Gasteiger partial charge on any atom is 0.303 e. The van der Waals surface area contributed by atoms with Crippen LogP contribution in [0, 0.1) is 17.3 Å². The van der Waals surface area contributed by atoms with Crippen LogP contribution in [0.15, 0.2) is 30.3 Å². The second-order valence-electron chi connectivity index (χ2n) is 6.73. The van der Waals surface area contributed by atoms with Gasteiger partial charge < -0.3 is 5.11 Å². The molecule has 0 amide bonds. The minimum Gasteiger partial charge on any atom is -0.481 e. The molecule has 3 unspecified atom stereocenters. The molecule has 3 atom stereocenters. The predicted octanol–water partition coefficient (Wildman–Crippen LogP) is 4.18. The van der Waals surface area contributed by atoms with Crippen molar-refractivity contribution in [1.29, 1.82) is 0 Å². The van der Waals surface area contributed by atoms with Crippen LogP contribution in [0.2, 0.25) is 0 Å². The fourth-order valence-electron chi connectivity index (χ4n) is 3.58. The molecule has 0 spiro atoms. The minimum atomic E-state index is -0.794. The first-order valence-corrected chi connectivity index (χ1v) is 7.72. The van der Waals surface area contributed by atoms with Crippen LogP contribution in [0.4, 0.5) is 0 Å². The van der Waals surface area contributed by atoms with Crippen molar-refractivity contribution in [3.63, 3.8) is 0 Å². The van der Waals surface area contributed by atoms with Gasteiger partial charge in [0.25, 0.3) is 0 Å². The maximum atomic E-state index is 12.5. The van der Waals surface area contributed by atoms with Crippen molar-refractivity contribution in [3.05, 3.63) is 35.9 Å². The highest BCUT2D eigenvalue weighted by Gasteiger charge is 2.40. The molecular formula is C18H24O3. The minimum absolute atomic E-state index is 0.0682. The van der Waals surface area contributed by atoms with Gasteiger partial charge in [0.05, 0.1) is 6.42 Å². The van der Waals surface area contributed by atoms with E-state index in [9.17, 15) is 14.7 Å². The Morgan fingerprint density at radius 2 is 1.81 bits per heavy atom. The van der Waals surface area contributed by atoms with Crippen molar-refractivity contribution in [2.24, 2.45) is 17.3 Å². The van der Waals surface area contributed by atoms with Crippen molar-refractivity contribution < 1.29 is 14.7 Å². The van der Waals surface area contributed by atoms with Crippen LogP contribution in [0.1, 0.15) is 56.3 Å². The summed E-state index contributed by atoms with van der Waals surface area (Å²) in [5.41, 5.74) is 0.318. The van der Waals surface area contributed by atoms with Crippen LogP contribution >= 0.6 is 0 Å². The van der Waals surface area contributed by atoms with E-state index in [0.29, 0.717) is 23.8 Å². The first kappa shape index (κ1) is 15.7. The lowest BCUT2D eigenvalue weighted by molar-refractivity contribution is -0.140. The van der Waals surface area contributed by atoms with Gasteiger partial charge in [-0.25, -0.2) is 0 Å². The number of carbonyl (C=O) groups excluding carboxylic acids is 1. The number of benzene rings is 1. The Kier molecular flexibility index (Phi) is 4.81. The number of Topliss-reactive ketones (excluding diaryl/α,β-unsaturated/α-hetero) is 1. The van der Waals surface area contributed by atoms with E-state index in [1.165, 1.54) is 0 Å². The second-order valence-corrected chi connectivity index (χ2v) is 6.73. The first-order chi connectivity index (χ1) is 9.92. The van der Waals surface area contributed by atoms with Crippen LogP contribution in [-0.2, 0) is 4.79 Å². The van der Waals surface area contributed by atoms with Gasteiger partial charge in [-0.1, -0.05) is 44.2 Å². The molecular weight excluding hydrogens is 264 g/mol. The van der Waals surface area contributed by atoms with Crippen LogP contribution in [0.25, 0.3) is 0 Å². The summed E-state index contributed by atoms with van der Waals surface area (Å²) in [6.07, 6.45) is 3.13. The Labute approximate surface area is 126 Å². The van der Waals surface area contributed by atoms with E-state index in [0.717, 1.165) is 19.3 Å². The second kappa shape index (κ2) is 6.42. The summed E-state index contributed by atoms with van der Waals surface area (Å²) in [6.45, 7) is 4.39. The average molecular weight is 288 g/mol. The van der Waals surface area contributed by atoms with E-state index >= 15 is 0 Å². The lowest BCUT2D eigenvalue weighted by atomic mass is 9.62. The molecule has 0 radical (unpaired) electrons. The van der Waals surface area contributed by atoms with Gasteiger partial charge >= 0.3 is 5.97 Å². The molecule has 3 heteroatoms. The Balaban J connectivity index is 2.17. The first-order valence-electron chi connectivity index (χ1n) is 7.72. The van der Waals surface area contributed by atoms with Crippen molar-refractivity contribution in [3.8, 4) is 0 Å². The quantitative estimate of drug-likeness (QED) is 0.827. The molecule has 21 heavy (non-hydrogen) atoms. The van der Waals surface area contributed by atoms with E-state index in [-0.39, 0.29) is 17.6 Å². The molecule has 0 aliphatic heterocycles. The molecule has 0 aromatic heterocycles. The normalized spacial score (nSPS) is 29.0. The Bertz CT molecular complexity index is 508. The zero-order valence-electron chi connectivity index (χ0n) is 12.8. The third-order valence-electron chi connectivity index (χ3n) is 5.01. The molecule has 0 bridgehead atoms. The molecule has 114 valence electrons. The van der Waals surface area contributed by atoms with Crippen molar-refractivity contribution in [2.45, 2.75) is 46.0 Å². The molecule has 1 saturated carbocycles. The number of carboxylic acid groups (broad SMARTS) is 1. The summed E-state index contributed by atoms with van der Waals surface area (Å²) in [5, 5.41) is 9.26. The van der Waals surface area contributed by atoms with Gasteiger partial charge in [-0.15, -0.1) is 0 Å². The number of carbonyl (C=O) groups is 2. The van der Waals surface area contributed by atoms with Crippen LogP contribution in [0.5, 0.6) is 0 Å². The van der Waals surface area contributed by atoms with Crippen molar-refractivity contribution >= 4 is 11.8 Å². The van der Waals surface area contributed by atoms with E-state index in [1.807, 2.05) is 30.3 Å². The van der Waals surface area contributed by atoms with Crippen molar-refractivity contribution in [1.82, 2.24) is 0 Å². The standard InChI is InChI=1S/C18H24O3/c1-13-8-9-18(10-14(13)2,12-17(20)21)11-16(19)15-6-4-3-5-7-15/h3-7,13-14H,8-12H2,1-2H3,(H,20,21). The Hall–Kier alpha value is -1.64. The maximum absolute atomic E-state index is 12.5. The monoisotopic (exact) mass is 288 g/mol. The van der Waals surface area contributed by atoms with Gasteiger partial charge in [-0.2, -0.15) is 0 Å². The van der Waals surface area contributed by atoms with Gasteiger partial charge in [-0.3, -0.25) is 9.59 Å². The summed E-state index contributed by atoms with van der Waals surface area (Å²) in [7, 11) is 0. The fraction of sp³-hybridized carbons (Fsp3) is 0.556. The van der Waals surface area contributed by atoms with Gasteiger partial charge in [-0.05, 0) is 36.5 Å². The molecule has 0 saturated heterocycles. The van der Waals surface area contributed by atoms with E-state index in [2.05, 4.69) is 13.8 Å².